The van der Waals surface area contributed by atoms with Gasteiger partial charge in [-0.3, -0.25) is 0 Å². The Morgan fingerprint density at radius 2 is 2.00 bits per heavy atom. The Morgan fingerprint density at radius 1 is 1.20 bits per heavy atom. The normalized spacial score (nSPS) is 30.2. The highest BCUT2D eigenvalue weighted by Crippen LogP contribution is 2.33. The summed E-state index contributed by atoms with van der Waals surface area (Å²) in [5, 5.41) is 0. The zero-order valence-electron chi connectivity index (χ0n) is 9.58. The van der Waals surface area contributed by atoms with Crippen molar-refractivity contribution in [1.29, 1.82) is 0 Å². The lowest BCUT2D eigenvalue weighted by molar-refractivity contribution is -0.127. The van der Waals surface area contributed by atoms with E-state index in [2.05, 4.69) is 22.9 Å². The van der Waals surface area contributed by atoms with Crippen LogP contribution in [0.5, 0.6) is 0 Å². The van der Waals surface area contributed by atoms with Crippen LogP contribution in [0, 0.1) is 0 Å². The van der Waals surface area contributed by atoms with E-state index in [1.165, 1.54) is 6.42 Å². The Labute approximate surface area is 101 Å². The lowest BCUT2D eigenvalue weighted by atomic mass is 9.91. The molecule has 0 amide bonds. The second-order valence-corrected chi connectivity index (χ2v) is 5.02. The molecule has 1 rings (SSSR count). The van der Waals surface area contributed by atoms with E-state index in [1.807, 2.05) is 0 Å². The summed E-state index contributed by atoms with van der Waals surface area (Å²) < 4.78 is 16.4. The molecule has 3 nitrogen and oxygen atoms in total. The fraction of sp³-hybridized carbons (Fsp3) is 1.00. The zero-order chi connectivity index (χ0) is 11.1. The Bertz CT molecular complexity index is 166. The highest BCUT2D eigenvalue weighted by molar-refractivity contribution is 9.09. The molecule has 15 heavy (non-hydrogen) atoms. The summed E-state index contributed by atoms with van der Waals surface area (Å²) in [7, 11) is 1.69. The van der Waals surface area contributed by atoms with Crippen LogP contribution in [-0.4, -0.2) is 44.0 Å². The van der Waals surface area contributed by atoms with E-state index in [9.17, 15) is 0 Å². The molecular weight excluding hydrogens is 260 g/mol. The average molecular weight is 281 g/mol. The van der Waals surface area contributed by atoms with Crippen LogP contribution in [0.2, 0.25) is 0 Å². The molecule has 0 saturated heterocycles. The quantitative estimate of drug-likeness (QED) is 0.505. The van der Waals surface area contributed by atoms with Crippen LogP contribution in [-0.2, 0) is 14.2 Å². The third-order valence-electron chi connectivity index (χ3n) is 2.61. The number of rotatable bonds is 8. The minimum absolute atomic E-state index is 0.206. The number of hydrogen-bond acceptors (Lipinski definition) is 3. The van der Waals surface area contributed by atoms with Crippen molar-refractivity contribution in [2.75, 3.05) is 26.9 Å². The molecule has 4 heteroatoms. The maximum absolute atomic E-state index is 5.74. The first kappa shape index (κ1) is 13.4. The lowest BCUT2D eigenvalue weighted by Crippen LogP contribution is -2.51. The van der Waals surface area contributed by atoms with E-state index in [0.29, 0.717) is 18.0 Å². The van der Waals surface area contributed by atoms with Gasteiger partial charge in [0.15, 0.2) is 0 Å². The number of halogens is 1. The molecular formula is C11H21BrO3. The highest BCUT2D eigenvalue weighted by Gasteiger charge is 2.41. The van der Waals surface area contributed by atoms with Gasteiger partial charge in [-0.25, -0.2) is 0 Å². The van der Waals surface area contributed by atoms with Crippen LogP contribution in [0.15, 0.2) is 0 Å². The fourth-order valence-corrected chi connectivity index (χ4v) is 2.41. The topological polar surface area (TPSA) is 27.7 Å². The third-order valence-corrected chi connectivity index (χ3v) is 3.50. The van der Waals surface area contributed by atoms with Crippen molar-refractivity contribution in [3.05, 3.63) is 0 Å². The smallest absolute Gasteiger partial charge is 0.0963 e. The van der Waals surface area contributed by atoms with Crippen molar-refractivity contribution in [2.24, 2.45) is 0 Å². The van der Waals surface area contributed by atoms with Crippen molar-refractivity contribution >= 4 is 15.9 Å². The predicted octanol–water partition coefficient (Wildman–Crippen LogP) is 2.37. The number of methoxy groups -OCH3 is 1. The summed E-state index contributed by atoms with van der Waals surface area (Å²) >= 11 is 3.58. The minimum Gasteiger partial charge on any atom is -0.382 e. The van der Waals surface area contributed by atoms with Gasteiger partial charge in [-0.15, -0.1) is 0 Å². The van der Waals surface area contributed by atoms with E-state index >= 15 is 0 Å². The van der Waals surface area contributed by atoms with Crippen LogP contribution in [0.1, 0.15) is 26.2 Å². The van der Waals surface area contributed by atoms with Gasteiger partial charge in [0, 0.05) is 18.5 Å². The molecule has 0 aromatic carbocycles. The van der Waals surface area contributed by atoms with Crippen LogP contribution in [0.25, 0.3) is 0 Å². The summed E-state index contributed by atoms with van der Waals surface area (Å²) in [6, 6.07) is 0. The highest BCUT2D eigenvalue weighted by atomic mass is 79.9. The van der Waals surface area contributed by atoms with E-state index < -0.39 is 0 Å². The molecule has 0 N–H and O–H groups in total. The second kappa shape index (κ2) is 7.60. The standard InChI is InChI=1S/C11H21BrO3/c1-3-4-5-14-10-8-9(12)11(10)15-7-6-13-2/h9-11H,3-8H2,1-2H3. The fourth-order valence-electron chi connectivity index (χ4n) is 1.55. The molecule has 1 aliphatic rings. The molecule has 0 spiro atoms. The molecule has 1 fully saturated rings. The van der Waals surface area contributed by atoms with Gasteiger partial charge in [0.2, 0.25) is 0 Å². The molecule has 0 aromatic rings. The molecule has 0 bridgehead atoms. The molecule has 0 heterocycles. The van der Waals surface area contributed by atoms with Crippen LogP contribution >= 0.6 is 15.9 Å². The summed E-state index contributed by atoms with van der Waals surface area (Å²) in [6.07, 6.45) is 3.85. The van der Waals surface area contributed by atoms with Gasteiger partial charge in [-0.2, -0.15) is 0 Å². The summed E-state index contributed by atoms with van der Waals surface area (Å²) in [4.78, 5) is 0.445. The second-order valence-electron chi connectivity index (χ2n) is 3.84. The number of alkyl halides is 1. The average Bonchev–Trinajstić information content (AvgIpc) is 2.23. The van der Waals surface area contributed by atoms with Gasteiger partial charge < -0.3 is 14.2 Å². The first-order valence-electron chi connectivity index (χ1n) is 5.65. The molecule has 0 aromatic heterocycles. The Hall–Kier alpha value is 0.360. The van der Waals surface area contributed by atoms with Crippen molar-refractivity contribution in [3.63, 3.8) is 0 Å². The van der Waals surface area contributed by atoms with Crippen molar-refractivity contribution in [3.8, 4) is 0 Å². The van der Waals surface area contributed by atoms with Crippen LogP contribution in [0.3, 0.4) is 0 Å². The summed E-state index contributed by atoms with van der Waals surface area (Å²) in [5.41, 5.74) is 0. The third kappa shape index (κ3) is 4.39. The summed E-state index contributed by atoms with van der Waals surface area (Å²) in [6.45, 7) is 4.32. The Balaban J connectivity index is 2.10. The maximum Gasteiger partial charge on any atom is 0.0963 e. The first-order valence-corrected chi connectivity index (χ1v) is 6.57. The monoisotopic (exact) mass is 280 g/mol. The lowest BCUT2D eigenvalue weighted by Gasteiger charge is -2.40. The van der Waals surface area contributed by atoms with Crippen molar-refractivity contribution < 1.29 is 14.2 Å². The van der Waals surface area contributed by atoms with Gasteiger partial charge >= 0.3 is 0 Å². The van der Waals surface area contributed by atoms with Crippen LogP contribution < -0.4 is 0 Å². The number of hydrogen-bond donors (Lipinski definition) is 0. The number of unbranched alkanes of at least 4 members (excludes halogenated alkanes) is 1. The predicted molar refractivity (Wildman–Crippen MR) is 63.6 cm³/mol. The molecule has 3 atom stereocenters. The first-order chi connectivity index (χ1) is 7.29. The molecule has 0 radical (unpaired) electrons. The van der Waals surface area contributed by atoms with Gasteiger partial charge in [0.1, 0.15) is 0 Å². The van der Waals surface area contributed by atoms with Gasteiger partial charge in [-0.05, 0) is 12.8 Å². The van der Waals surface area contributed by atoms with Crippen LogP contribution in [0.4, 0.5) is 0 Å². The Morgan fingerprint density at radius 3 is 2.60 bits per heavy atom. The maximum atomic E-state index is 5.74. The molecule has 90 valence electrons. The largest absolute Gasteiger partial charge is 0.382 e. The zero-order valence-corrected chi connectivity index (χ0v) is 11.2. The van der Waals surface area contributed by atoms with E-state index in [1.54, 1.807) is 7.11 Å². The van der Waals surface area contributed by atoms with E-state index in [0.717, 1.165) is 19.4 Å². The molecule has 3 unspecified atom stereocenters. The van der Waals surface area contributed by atoms with Gasteiger partial charge in [-0.1, -0.05) is 29.3 Å². The van der Waals surface area contributed by atoms with E-state index in [4.69, 9.17) is 14.2 Å². The van der Waals surface area contributed by atoms with E-state index in [-0.39, 0.29) is 12.2 Å². The summed E-state index contributed by atoms with van der Waals surface area (Å²) in [5.74, 6) is 0. The number of ether oxygens (including phenoxy) is 3. The minimum atomic E-state index is 0.206. The van der Waals surface area contributed by atoms with Crippen molar-refractivity contribution in [1.82, 2.24) is 0 Å². The molecule has 1 aliphatic carbocycles. The molecule has 0 aliphatic heterocycles. The Kier molecular flexibility index (Phi) is 6.81. The van der Waals surface area contributed by atoms with Crippen molar-refractivity contribution in [2.45, 2.75) is 43.2 Å². The van der Waals surface area contributed by atoms with Gasteiger partial charge in [0.05, 0.1) is 25.4 Å². The SMILES string of the molecule is CCCCOC1CC(Br)C1OCCOC. The van der Waals surface area contributed by atoms with Gasteiger partial charge in [0.25, 0.3) is 0 Å². The molecule has 1 saturated carbocycles.